The number of alkyl halides is 27. The summed E-state index contributed by atoms with van der Waals surface area (Å²) in [5.74, 6) is -0.0418. The minimum atomic E-state index is -6.04. The fraction of sp³-hybridized carbons (Fsp3) is 0.904. The Labute approximate surface area is 824 Å². The number of alkyl carbamates (subject to hydrolysis) is 3. The van der Waals surface area contributed by atoms with E-state index in [4.69, 9.17) is 30.2 Å². The number of methoxy groups -OCH3 is 1. The lowest BCUT2D eigenvalue weighted by Gasteiger charge is -2.46. The van der Waals surface area contributed by atoms with Gasteiger partial charge in [-0.1, -0.05) is 172 Å². The van der Waals surface area contributed by atoms with Gasteiger partial charge < -0.3 is 59.9 Å². The fourth-order valence-corrected chi connectivity index (χ4v) is 14.3. The van der Waals surface area contributed by atoms with Gasteiger partial charge in [0.25, 0.3) is 12.5 Å². The molecule has 4 fully saturated rings. The van der Waals surface area contributed by atoms with Crippen LogP contribution in [-0.2, 0) is 86.1 Å². The summed E-state index contributed by atoms with van der Waals surface area (Å²) in [4.78, 5) is 77.4. The molecule has 8 atom stereocenters. The van der Waals surface area contributed by atoms with Crippen molar-refractivity contribution in [1.82, 2.24) is 21.3 Å². The van der Waals surface area contributed by atoms with E-state index in [2.05, 4.69) is 155 Å². The second-order valence-electron chi connectivity index (χ2n) is 32.6. The standard InChI is InChI=1S/C14H25FN2O3.C14H23FN2O3.C13H21FN2O3.C12H18N2O2.3C4H2F8O3.C3H7FO.C2H5FO.CH3FO.12CH4/c1-10(18)17-11-5-13(2,3)7-14(4,6-11)8-16-12(19)20-9-15;1-13(2)6-11(20-10-16)7-14(3,8-13)9-17-12(18)19-5-4-15;1-12(2)4-10(16-9-17)5-13(3,6-12)7-15-11(18)19-8-14;1-11(2)4-10(16-8-13)5-12(3,6-11)7-14-9-15;3*5-1-13-4(10,11)14-2(6,7)3(8,9)15-12;1-5-3-2-4;3-1-2-4;2-1-3;;;;;;;;;;;;/h11H,5-9H2,1-4H3,(H,16,19)(H,17,18);11H,4-9H2,1-3H3,(H,17,18);10H,4-8H2,1-3H3,(H,15,18);10H,4-7H2,1-3H3;3*1H2;2-3H2,1H3;4H,1-2H2;3H,1H2;12*1H4. The van der Waals surface area contributed by atoms with Crippen LogP contribution >= 0.6 is 0 Å². The second kappa shape index (κ2) is 82.9. The minimum Gasteiger partial charge on any atom is -0.447 e. The summed E-state index contributed by atoms with van der Waals surface area (Å²) in [5.41, 5.74) is -0.313. The summed E-state index contributed by atoms with van der Waals surface area (Å²) < 4.78 is 388. The van der Waals surface area contributed by atoms with Gasteiger partial charge in [0.15, 0.2) is 27.4 Å². The predicted molar refractivity (Wildman–Crippen MR) is 468 cm³/mol. The van der Waals surface area contributed by atoms with Gasteiger partial charge in [-0.15, -0.1) is 41.2 Å². The molecular weight excluding hydrogens is 2050 g/mol. The number of nitrogens with zero attached hydrogens (tertiary/aromatic N) is 4. The Bertz CT molecular complexity index is 3310. The molecule has 4 aliphatic carbocycles. The van der Waals surface area contributed by atoms with Crippen molar-refractivity contribution >= 4 is 36.3 Å². The van der Waals surface area contributed by atoms with Gasteiger partial charge in [0.2, 0.25) is 31.8 Å². The fourth-order valence-electron chi connectivity index (χ4n) is 14.3. The molecule has 4 saturated carbocycles. The average molecular weight is 2200 g/mol. The van der Waals surface area contributed by atoms with Crippen LogP contribution in [0.4, 0.5) is 147 Å². The van der Waals surface area contributed by atoms with Gasteiger partial charge in [-0.3, -0.25) is 19.0 Å². The maximum absolute atomic E-state index is 12.0. The number of isocyanates is 2. The average Bonchev–Trinajstić information content (AvgIpc) is 0.795. The van der Waals surface area contributed by atoms with Gasteiger partial charge in [-0.2, -0.15) is 63.2 Å². The molecule has 31 nitrogen and oxygen atoms in total. The lowest BCUT2D eigenvalue weighted by atomic mass is 9.62. The first kappa shape index (κ1) is 178. The quantitative estimate of drug-likeness (QED) is 0.00840. The van der Waals surface area contributed by atoms with Gasteiger partial charge in [0.05, 0.1) is 25.8 Å². The van der Waals surface area contributed by atoms with Crippen molar-refractivity contribution < 1.29 is 243 Å². The Hall–Kier alpha value is -7.96. The molecule has 876 valence electrons. The highest BCUT2D eigenvalue weighted by atomic mass is 19.4. The number of carbonyl (C=O) groups is 4. The molecule has 8 unspecified atom stereocenters. The zero-order valence-electron chi connectivity index (χ0n) is 73.2. The van der Waals surface area contributed by atoms with Crippen LogP contribution in [0.3, 0.4) is 0 Å². The Balaban J connectivity index is -0.0000000779. The first-order valence-electron chi connectivity index (χ1n) is 37.4. The van der Waals surface area contributed by atoms with Crippen LogP contribution in [0.15, 0.2) is 9.98 Å². The third-order valence-corrected chi connectivity index (χ3v) is 17.0. The molecule has 144 heavy (non-hydrogen) atoms. The molecule has 0 bridgehead atoms. The summed E-state index contributed by atoms with van der Waals surface area (Å²) in [6.45, 7) is 16.1. The number of hydrogen-bond acceptors (Lipinski definition) is 27. The Morgan fingerprint density at radius 3 is 0.917 bits per heavy atom. The van der Waals surface area contributed by atoms with Crippen LogP contribution in [0.25, 0.3) is 0 Å². The number of aliphatic hydroxyl groups excluding tert-OH is 2. The Kier molecular flexibility index (Phi) is 103. The van der Waals surface area contributed by atoms with E-state index in [1.54, 1.807) is 24.7 Å². The zero-order chi connectivity index (χ0) is 105. The SMILES string of the molecule is C.C.C.C.C.C.C.C.C.C.C.C.CC(=O)NC1CC(C)(C)CC(C)(CNC(=O)OCF)C1.CC1(C)CC(N=C=O)CC(C)(CNC(=O)OCF)C1.CC1(C)CC(OC#N)CC(C)(CN=C=O)C1.CC1(C)CC(OC#N)CC(C)(CNC(=O)OCCF)C1.COCCF.FCOC(F)(F)OC(F)(F)C(F)(F)OF.FCOC(F)(F)OC(F)(F)C(F)(F)OF.FCOC(F)(F)OC(F)(F)C(F)(F)OF.OCCF.OCF. The monoisotopic (exact) mass is 2200 g/mol. The van der Waals surface area contributed by atoms with Crippen LogP contribution < -0.4 is 21.3 Å². The van der Waals surface area contributed by atoms with Gasteiger partial charge in [0.1, 0.15) is 38.8 Å². The number of amides is 4. The van der Waals surface area contributed by atoms with Crippen LogP contribution in [0.1, 0.15) is 256 Å². The van der Waals surface area contributed by atoms with Gasteiger partial charge in [-0.25, -0.2) is 87.7 Å². The molecule has 0 heterocycles. The van der Waals surface area contributed by atoms with Crippen molar-refractivity contribution in [2.45, 2.75) is 336 Å². The number of halogens is 30. The molecule has 4 aliphatic rings. The van der Waals surface area contributed by atoms with E-state index in [0.717, 1.165) is 64.2 Å². The first-order chi connectivity index (χ1) is 60.1. The number of carbonyl (C=O) groups excluding carboxylic acids is 6. The molecule has 0 aliphatic heterocycles. The number of rotatable bonds is 37. The highest BCUT2D eigenvalue weighted by molar-refractivity contribution is 5.73. The number of ether oxygens (including phenoxy) is 12. The maximum Gasteiger partial charge on any atom is 0.492 e. The van der Waals surface area contributed by atoms with Crippen molar-refractivity contribution in [1.29, 1.82) is 10.5 Å². The number of nitriles is 2. The third kappa shape index (κ3) is 81.1. The van der Waals surface area contributed by atoms with Crippen LogP contribution in [0, 0.1) is 66.4 Å². The molecule has 6 N–H and O–H groups in total. The molecule has 0 spiro atoms. The lowest BCUT2D eigenvalue weighted by molar-refractivity contribution is -0.548. The second-order valence-corrected chi connectivity index (χ2v) is 32.6. The molecule has 61 heteroatoms. The van der Waals surface area contributed by atoms with E-state index < -0.39 is 128 Å². The molecule has 0 aromatic heterocycles. The summed E-state index contributed by atoms with van der Waals surface area (Å²) >= 11 is 0. The van der Waals surface area contributed by atoms with Gasteiger partial charge in [0, 0.05) is 39.7 Å². The van der Waals surface area contributed by atoms with E-state index in [9.17, 15) is 161 Å². The summed E-state index contributed by atoms with van der Waals surface area (Å²) in [6, 6.07) is 0.0190. The predicted octanol–water partition coefficient (Wildman–Crippen LogP) is 25.9. The molecule has 0 radical (unpaired) electrons. The molecule has 4 amide bonds. The minimum absolute atomic E-state index is 0. The number of hydrogen-bond donors (Lipinski definition) is 6. The van der Waals surface area contributed by atoms with Crippen LogP contribution in [0.2, 0.25) is 0 Å². The summed E-state index contributed by atoms with van der Waals surface area (Å²) in [5, 5.41) is 42.4. The van der Waals surface area contributed by atoms with Crippen molar-refractivity contribution in [2.24, 2.45) is 53.3 Å². The molecule has 4 rings (SSSR count). The topological polar surface area (TPSA) is 402 Å². The lowest BCUT2D eigenvalue weighted by Crippen LogP contribution is -2.50. The number of nitrogens with one attached hydrogen (secondary N) is 4. The summed E-state index contributed by atoms with van der Waals surface area (Å²) in [6.07, 6.45) is -37.6. The van der Waals surface area contributed by atoms with E-state index in [1.165, 1.54) is 28.9 Å². The Morgan fingerprint density at radius 2 is 0.667 bits per heavy atom. The van der Waals surface area contributed by atoms with Crippen LogP contribution in [0.5, 0.6) is 0 Å². The van der Waals surface area contributed by atoms with Crippen molar-refractivity contribution in [2.75, 3.05) is 114 Å². The van der Waals surface area contributed by atoms with E-state index in [-0.39, 0.29) is 189 Å². The molecular formula is C83H156F30N8O23. The van der Waals surface area contributed by atoms with E-state index in [0.29, 0.717) is 39.0 Å². The number of aliphatic imine (C=N–C) groups is 2. The zero-order valence-corrected chi connectivity index (χ0v) is 73.2. The van der Waals surface area contributed by atoms with Gasteiger partial charge >= 0.3 is 73.8 Å². The van der Waals surface area contributed by atoms with Crippen molar-refractivity contribution in [3.05, 3.63) is 0 Å². The molecule has 0 saturated heterocycles. The number of aliphatic hydroxyl groups is 2. The highest BCUT2D eigenvalue weighted by Gasteiger charge is 2.68. The van der Waals surface area contributed by atoms with Crippen LogP contribution in [-0.4, -0.2) is 241 Å². The maximum atomic E-state index is 12.0. The normalized spacial score (nSPS) is 20.4. The summed E-state index contributed by atoms with van der Waals surface area (Å²) in [7, 11) is 1.47. The highest BCUT2D eigenvalue weighted by Crippen LogP contribution is 2.52. The largest absolute Gasteiger partial charge is 0.492 e. The molecule has 0 aromatic rings. The van der Waals surface area contributed by atoms with Crippen molar-refractivity contribution in [3.63, 3.8) is 0 Å². The third-order valence-electron chi connectivity index (χ3n) is 17.0. The first-order valence-corrected chi connectivity index (χ1v) is 37.4. The Morgan fingerprint density at radius 1 is 0.389 bits per heavy atom. The van der Waals surface area contributed by atoms with E-state index >= 15 is 0 Å². The smallest absolute Gasteiger partial charge is 0.447 e. The molecule has 0 aromatic carbocycles. The van der Waals surface area contributed by atoms with Crippen molar-refractivity contribution in [3.8, 4) is 12.5 Å². The van der Waals surface area contributed by atoms with Gasteiger partial charge in [-0.05, 0) is 134 Å². The van der Waals surface area contributed by atoms with E-state index in [1.807, 2.05) is 6.92 Å².